The van der Waals surface area contributed by atoms with E-state index >= 15 is 0 Å². The fraction of sp³-hybridized carbons (Fsp3) is 0.273. The first kappa shape index (κ1) is 29.8. The Morgan fingerprint density at radius 2 is 0.970 bits per heavy atom. The quantitative estimate of drug-likeness (QED) is 0.356. The van der Waals surface area contributed by atoms with Crippen LogP contribution in [0.4, 0.5) is 0 Å². The molecule has 0 bridgehead atoms. The molecule has 0 saturated carbocycles. The zero-order valence-electron chi connectivity index (χ0n) is 17.6. The van der Waals surface area contributed by atoms with E-state index in [0.717, 1.165) is 11.1 Å². The number of amides is 2. The van der Waals surface area contributed by atoms with Crippen molar-refractivity contribution in [2.45, 2.75) is 24.9 Å². The molecule has 2 rings (SSSR count). The third-order valence-corrected chi connectivity index (χ3v) is 4.15. The van der Waals surface area contributed by atoms with E-state index in [1.807, 2.05) is 12.1 Å². The molecule has 2 amide bonds. The standard InChI is InChI=1S/2C11H13N2O3.Cu/c2*12-7-10(14)13-9(11(15)16)6-8-4-2-1-3-5-8;/h2*1-5,9,12H,6-7H2,(H,13,14)(H,15,16);/q2*-1;+2. The first-order chi connectivity index (χ1) is 15.3. The van der Waals surface area contributed by atoms with Crippen LogP contribution >= 0.6 is 0 Å². The molecule has 2 atom stereocenters. The fourth-order valence-electron chi connectivity index (χ4n) is 2.59. The Morgan fingerprint density at radius 1 is 0.667 bits per heavy atom. The molecule has 6 N–H and O–H groups in total. The Bertz CT molecular complexity index is 809. The number of carbonyl (C=O) groups excluding carboxylic acids is 2. The maximum absolute atomic E-state index is 11.0. The number of carboxylic acids is 2. The van der Waals surface area contributed by atoms with Gasteiger partial charge in [0.2, 0.25) is 0 Å². The van der Waals surface area contributed by atoms with Crippen LogP contribution in [-0.2, 0) is 49.1 Å². The van der Waals surface area contributed by atoms with Crippen molar-refractivity contribution in [1.29, 1.82) is 0 Å². The summed E-state index contributed by atoms with van der Waals surface area (Å²) >= 11 is 0. The van der Waals surface area contributed by atoms with Gasteiger partial charge in [-0.15, -0.1) is 0 Å². The van der Waals surface area contributed by atoms with Crippen molar-refractivity contribution >= 4 is 23.8 Å². The van der Waals surface area contributed by atoms with Gasteiger partial charge in [0.25, 0.3) is 0 Å². The predicted octanol–water partition coefficient (Wildman–Crippen LogP) is 1.70. The van der Waals surface area contributed by atoms with Gasteiger partial charge < -0.3 is 32.3 Å². The van der Waals surface area contributed by atoms with Crippen molar-refractivity contribution in [3.8, 4) is 0 Å². The van der Waals surface area contributed by atoms with Crippen molar-refractivity contribution in [1.82, 2.24) is 10.6 Å². The summed E-state index contributed by atoms with van der Waals surface area (Å²) in [5, 5.41) is 22.4. The summed E-state index contributed by atoms with van der Waals surface area (Å²) in [4.78, 5) is 43.7. The van der Waals surface area contributed by atoms with Crippen LogP contribution in [0.25, 0.3) is 11.5 Å². The number of carboxylic acid groups (broad SMARTS) is 2. The molecule has 2 aromatic rings. The summed E-state index contributed by atoms with van der Waals surface area (Å²) in [5.74, 6) is -3.34. The molecule has 0 aliphatic heterocycles. The van der Waals surface area contributed by atoms with Crippen LogP contribution in [-0.4, -0.2) is 59.1 Å². The van der Waals surface area contributed by atoms with Crippen LogP contribution < -0.4 is 10.6 Å². The molecule has 2 aromatic carbocycles. The van der Waals surface area contributed by atoms with Crippen molar-refractivity contribution in [3.05, 3.63) is 83.3 Å². The summed E-state index contributed by atoms with van der Waals surface area (Å²) in [6, 6.07) is 16.1. The Kier molecular flexibility index (Phi) is 14.8. The summed E-state index contributed by atoms with van der Waals surface area (Å²) in [6.45, 7) is -0.920. The van der Waals surface area contributed by atoms with E-state index < -0.39 is 48.9 Å². The maximum Gasteiger partial charge on any atom is 2.00 e. The van der Waals surface area contributed by atoms with Crippen molar-refractivity contribution in [3.63, 3.8) is 0 Å². The number of rotatable bonds is 10. The first-order valence-electron chi connectivity index (χ1n) is 9.68. The number of benzene rings is 2. The largest absolute Gasteiger partial charge is 2.00 e. The van der Waals surface area contributed by atoms with Crippen molar-refractivity contribution in [2.75, 3.05) is 13.1 Å². The van der Waals surface area contributed by atoms with Crippen molar-refractivity contribution in [2.24, 2.45) is 0 Å². The second-order valence-electron chi connectivity index (χ2n) is 6.65. The Labute approximate surface area is 202 Å². The number of aliphatic carboxylic acids is 2. The molecule has 0 saturated heterocycles. The third kappa shape index (κ3) is 12.4. The summed E-state index contributed by atoms with van der Waals surface area (Å²) in [5.41, 5.74) is 15.3. The Hall–Kier alpha value is -3.24. The molecule has 181 valence electrons. The molecule has 0 heterocycles. The Morgan fingerprint density at radius 3 is 1.21 bits per heavy atom. The van der Waals surface area contributed by atoms with Crippen LogP contribution in [0, 0.1) is 0 Å². The van der Waals surface area contributed by atoms with Gasteiger partial charge in [-0.1, -0.05) is 73.8 Å². The van der Waals surface area contributed by atoms with Gasteiger partial charge in [-0.3, -0.25) is 9.59 Å². The monoisotopic (exact) mass is 505 g/mol. The molecule has 0 aliphatic carbocycles. The van der Waals surface area contributed by atoms with Crippen molar-refractivity contribution < 1.29 is 46.5 Å². The molecule has 0 aliphatic rings. The molecule has 0 spiro atoms. The van der Waals surface area contributed by atoms with E-state index in [4.69, 9.17) is 21.7 Å². The molecular formula is C22H26CuN4O6. The molecule has 11 heteroatoms. The molecule has 33 heavy (non-hydrogen) atoms. The average molecular weight is 506 g/mol. The van der Waals surface area contributed by atoms with Gasteiger partial charge >= 0.3 is 29.0 Å². The van der Waals surface area contributed by atoms with Gasteiger partial charge in [0, 0.05) is 12.8 Å². The number of carbonyl (C=O) groups is 4. The van der Waals surface area contributed by atoms with Gasteiger partial charge in [-0.25, -0.2) is 9.59 Å². The zero-order chi connectivity index (χ0) is 23.9. The number of hydrogen-bond acceptors (Lipinski definition) is 4. The average Bonchev–Trinajstić information content (AvgIpc) is 2.79. The van der Waals surface area contributed by atoms with Crippen LogP contribution in [0.15, 0.2) is 60.7 Å². The summed E-state index contributed by atoms with van der Waals surface area (Å²) in [7, 11) is 0. The minimum absolute atomic E-state index is 0. The van der Waals surface area contributed by atoms with E-state index in [-0.39, 0.29) is 29.9 Å². The topological polar surface area (TPSA) is 180 Å². The molecule has 1 radical (unpaired) electrons. The number of hydrogen-bond donors (Lipinski definition) is 4. The van der Waals surface area contributed by atoms with E-state index in [0.29, 0.717) is 0 Å². The normalized spacial score (nSPS) is 11.5. The maximum atomic E-state index is 11.0. The van der Waals surface area contributed by atoms with Gasteiger partial charge in [-0.2, -0.15) is 0 Å². The third-order valence-electron chi connectivity index (χ3n) is 4.15. The summed E-state index contributed by atoms with van der Waals surface area (Å²) in [6.07, 6.45) is 0.448. The molecule has 0 aromatic heterocycles. The van der Waals surface area contributed by atoms with Crippen LogP contribution in [0.5, 0.6) is 0 Å². The first-order valence-corrected chi connectivity index (χ1v) is 9.68. The molecule has 2 unspecified atom stereocenters. The Balaban J connectivity index is 0.000000602. The molecular weight excluding hydrogens is 480 g/mol. The number of nitrogens with one attached hydrogen (secondary N) is 4. The van der Waals surface area contributed by atoms with E-state index in [1.54, 1.807) is 48.5 Å². The SMILES string of the molecule is [Cu+2].[NH-]CC(=O)NC(Cc1ccccc1)C(=O)O.[NH-]CC(=O)NC(Cc1ccccc1)C(=O)O. The minimum Gasteiger partial charge on any atom is -0.670 e. The van der Waals surface area contributed by atoms with E-state index in [2.05, 4.69) is 10.6 Å². The fourth-order valence-corrected chi connectivity index (χ4v) is 2.59. The second kappa shape index (κ2) is 16.4. The smallest absolute Gasteiger partial charge is 0.670 e. The summed E-state index contributed by atoms with van der Waals surface area (Å²) < 4.78 is 0. The van der Waals surface area contributed by atoms with Gasteiger partial charge in [0.1, 0.15) is 12.1 Å². The minimum atomic E-state index is -1.09. The van der Waals surface area contributed by atoms with Gasteiger partial charge in [0.15, 0.2) is 11.8 Å². The zero-order valence-corrected chi connectivity index (χ0v) is 18.5. The van der Waals surface area contributed by atoms with Crippen LogP contribution in [0.3, 0.4) is 0 Å². The second-order valence-corrected chi connectivity index (χ2v) is 6.65. The van der Waals surface area contributed by atoms with Gasteiger partial charge in [0.05, 0.1) is 0 Å². The molecule has 0 fully saturated rings. The molecule has 10 nitrogen and oxygen atoms in total. The van der Waals surface area contributed by atoms with E-state index in [9.17, 15) is 19.2 Å². The predicted molar refractivity (Wildman–Crippen MR) is 118 cm³/mol. The van der Waals surface area contributed by atoms with Gasteiger partial charge in [-0.05, 0) is 11.1 Å². The van der Waals surface area contributed by atoms with Crippen LogP contribution in [0.1, 0.15) is 11.1 Å². The van der Waals surface area contributed by atoms with Crippen LogP contribution in [0.2, 0.25) is 0 Å². The van der Waals surface area contributed by atoms with E-state index in [1.165, 1.54) is 0 Å².